The second-order valence-corrected chi connectivity index (χ2v) is 3.51. The molecule has 0 amide bonds. The van der Waals surface area contributed by atoms with Gasteiger partial charge in [0.1, 0.15) is 5.76 Å². The largest absolute Gasteiger partial charge is 0.468 e. The van der Waals surface area contributed by atoms with Crippen molar-refractivity contribution >= 4 is 0 Å². The van der Waals surface area contributed by atoms with Gasteiger partial charge in [-0.2, -0.15) is 0 Å². The Morgan fingerprint density at radius 1 is 1.64 bits per heavy atom. The maximum absolute atomic E-state index is 9.50. The van der Waals surface area contributed by atoms with Gasteiger partial charge in [-0.25, -0.2) is 0 Å². The summed E-state index contributed by atoms with van der Waals surface area (Å²) in [5, 5.41) is 9.50. The quantitative estimate of drug-likeness (QED) is 0.695. The number of likely N-dealkylation sites (N-methyl/N-ethyl adjacent to an activating group) is 1. The van der Waals surface area contributed by atoms with E-state index in [1.54, 1.807) is 6.26 Å². The van der Waals surface area contributed by atoms with Crippen LogP contribution in [0, 0.1) is 0 Å². The van der Waals surface area contributed by atoms with Crippen molar-refractivity contribution in [1.29, 1.82) is 0 Å². The summed E-state index contributed by atoms with van der Waals surface area (Å²) in [5.41, 5.74) is 5.34. The summed E-state index contributed by atoms with van der Waals surface area (Å²) in [6.45, 7) is 1.86. The average Bonchev–Trinajstić information content (AvgIpc) is 2.56. The smallest absolute Gasteiger partial charge is 0.117 e. The molecule has 0 aliphatic heterocycles. The second kappa shape index (κ2) is 5.80. The van der Waals surface area contributed by atoms with E-state index in [9.17, 15) is 5.11 Å². The Morgan fingerprint density at radius 3 is 3.00 bits per heavy atom. The molecule has 80 valence electrons. The first-order chi connectivity index (χ1) is 6.72. The van der Waals surface area contributed by atoms with Gasteiger partial charge < -0.3 is 15.3 Å². The molecule has 0 aromatic carbocycles. The Labute approximate surface area is 84.3 Å². The molecule has 1 atom stereocenters. The first kappa shape index (κ1) is 11.2. The van der Waals surface area contributed by atoms with Crippen molar-refractivity contribution in [3.63, 3.8) is 0 Å². The van der Waals surface area contributed by atoms with Gasteiger partial charge in [0.25, 0.3) is 0 Å². The van der Waals surface area contributed by atoms with Crippen LogP contribution >= 0.6 is 0 Å². The summed E-state index contributed by atoms with van der Waals surface area (Å²) in [7, 11) is 1.95. The fraction of sp³-hybridized carbons (Fsp3) is 0.600. The van der Waals surface area contributed by atoms with Gasteiger partial charge >= 0.3 is 0 Å². The van der Waals surface area contributed by atoms with E-state index in [-0.39, 0.29) is 6.10 Å². The zero-order valence-corrected chi connectivity index (χ0v) is 8.52. The zero-order chi connectivity index (χ0) is 10.4. The van der Waals surface area contributed by atoms with Crippen LogP contribution < -0.4 is 5.73 Å². The molecule has 0 saturated heterocycles. The molecule has 1 rings (SSSR count). The normalized spacial score (nSPS) is 13.4. The van der Waals surface area contributed by atoms with E-state index in [2.05, 4.69) is 0 Å². The van der Waals surface area contributed by atoms with Crippen LogP contribution in [0.4, 0.5) is 0 Å². The van der Waals surface area contributed by atoms with Gasteiger partial charge in [-0.05, 0) is 32.1 Å². The Bertz CT molecular complexity index is 236. The van der Waals surface area contributed by atoms with E-state index in [0.29, 0.717) is 26.1 Å². The molecule has 0 spiro atoms. The number of hydrogen-bond donors (Lipinski definition) is 2. The molecular weight excluding hydrogens is 180 g/mol. The third-order valence-electron chi connectivity index (χ3n) is 2.03. The third kappa shape index (κ3) is 3.91. The Morgan fingerprint density at radius 2 is 2.43 bits per heavy atom. The highest BCUT2D eigenvalue weighted by Gasteiger charge is 2.08. The van der Waals surface area contributed by atoms with Crippen molar-refractivity contribution in [3.05, 3.63) is 24.2 Å². The molecule has 0 aliphatic carbocycles. The van der Waals surface area contributed by atoms with Crippen LogP contribution in [0.2, 0.25) is 0 Å². The van der Waals surface area contributed by atoms with Gasteiger partial charge in [-0.15, -0.1) is 0 Å². The number of nitrogens with two attached hydrogens (primary N) is 1. The lowest BCUT2D eigenvalue weighted by Crippen LogP contribution is -2.30. The van der Waals surface area contributed by atoms with E-state index in [1.165, 1.54) is 0 Å². The summed E-state index contributed by atoms with van der Waals surface area (Å²) in [6, 6.07) is 3.78. The van der Waals surface area contributed by atoms with E-state index >= 15 is 0 Å². The highest BCUT2D eigenvalue weighted by atomic mass is 16.3. The molecule has 0 radical (unpaired) electrons. The van der Waals surface area contributed by atoms with Crippen molar-refractivity contribution < 1.29 is 9.52 Å². The van der Waals surface area contributed by atoms with Crippen molar-refractivity contribution in [2.75, 3.05) is 20.1 Å². The summed E-state index contributed by atoms with van der Waals surface area (Å²) < 4.78 is 5.20. The van der Waals surface area contributed by atoms with Crippen LogP contribution in [0.5, 0.6) is 0 Å². The van der Waals surface area contributed by atoms with Gasteiger partial charge in [0.2, 0.25) is 0 Å². The molecule has 1 heterocycles. The molecule has 0 saturated carbocycles. The summed E-state index contributed by atoms with van der Waals surface area (Å²) in [6.07, 6.45) is 1.95. The average molecular weight is 198 g/mol. The fourth-order valence-electron chi connectivity index (χ4n) is 1.38. The molecule has 1 unspecified atom stereocenters. The first-order valence-electron chi connectivity index (χ1n) is 4.81. The highest BCUT2D eigenvalue weighted by Crippen LogP contribution is 2.04. The summed E-state index contributed by atoms with van der Waals surface area (Å²) in [4.78, 5) is 2.01. The van der Waals surface area contributed by atoms with Gasteiger partial charge in [-0.3, -0.25) is 4.90 Å². The van der Waals surface area contributed by atoms with Crippen molar-refractivity contribution in [2.45, 2.75) is 19.1 Å². The van der Waals surface area contributed by atoms with Crippen LogP contribution in [-0.2, 0) is 6.54 Å². The van der Waals surface area contributed by atoms with E-state index in [4.69, 9.17) is 10.2 Å². The van der Waals surface area contributed by atoms with Crippen LogP contribution in [0.3, 0.4) is 0 Å². The van der Waals surface area contributed by atoms with Gasteiger partial charge in [0, 0.05) is 6.54 Å². The number of nitrogens with zero attached hydrogens (tertiary/aromatic N) is 1. The molecular formula is C10H18N2O2. The lowest BCUT2D eigenvalue weighted by molar-refractivity contribution is 0.114. The molecule has 0 aliphatic rings. The summed E-state index contributed by atoms with van der Waals surface area (Å²) >= 11 is 0. The van der Waals surface area contributed by atoms with Crippen molar-refractivity contribution in [1.82, 2.24) is 4.90 Å². The Balaban J connectivity index is 2.25. The maximum Gasteiger partial charge on any atom is 0.117 e. The number of furan rings is 1. The first-order valence-corrected chi connectivity index (χ1v) is 4.81. The number of rotatable bonds is 6. The lowest BCUT2D eigenvalue weighted by atomic mass is 10.2. The predicted molar refractivity (Wildman–Crippen MR) is 54.7 cm³/mol. The molecule has 1 aromatic heterocycles. The molecule has 4 nitrogen and oxygen atoms in total. The number of hydrogen-bond acceptors (Lipinski definition) is 4. The van der Waals surface area contributed by atoms with Gasteiger partial charge in [-0.1, -0.05) is 0 Å². The van der Waals surface area contributed by atoms with Crippen LogP contribution in [0.25, 0.3) is 0 Å². The minimum Gasteiger partial charge on any atom is -0.468 e. The van der Waals surface area contributed by atoms with E-state index in [0.717, 1.165) is 5.76 Å². The van der Waals surface area contributed by atoms with Crippen LogP contribution in [0.1, 0.15) is 12.2 Å². The second-order valence-electron chi connectivity index (χ2n) is 3.51. The van der Waals surface area contributed by atoms with Gasteiger partial charge in [0.05, 0.1) is 18.9 Å². The van der Waals surface area contributed by atoms with Crippen molar-refractivity contribution in [2.24, 2.45) is 5.73 Å². The highest BCUT2D eigenvalue weighted by molar-refractivity contribution is 4.97. The molecule has 0 bridgehead atoms. The number of aliphatic hydroxyl groups is 1. The molecule has 14 heavy (non-hydrogen) atoms. The minimum atomic E-state index is -0.347. The Hall–Kier alpha value is -0.840. The molecule has 0 fully saturated rings. The van der Waals surface area contributed by atoms with Crippen molar-refractivity contribution in [3.8, 4) is 0 Å². The Kier molecular flexibility index (Phi) is 4.65. The third-order valence-corrected chi connectivity index (χ3v) is 2.03. The van der Waals surface area contributed by atoms with Gasteiger partial charge in [0.15, 0.2) is 0 Å². The van der Waals surface area contributed by atoms with E-state index < -0.39 is 0 Å². The van der Waals surface area contributed by atoms with Crippen LogP contribution in [-0.4, -0.2) is 36.2 Å². The molecule has 4 heteroatoms. The standard InChI is InChI=1S/C10H18N2O2/c1-12(7-9(13)4-5-11)8-10-3-2-6-14-10/h2-3,6,9,13H,4-5,7-8,11H2,1H3. The molecule has 3 N–H and O–H groups in total. The molecule has 1 aromatic rings. The predicted octanol–water partition coefficient (Wildman–Crippen LogP) is 0.421. The SMILES string of the molecule is CN(Cc1ccco1)CC(O)CCN. The van der Waals surface area contributed by atoms with E-state index in [1.807, 2.05) is 24.1 Å². The zero-order valence-electron chi connectivity index (χ0n) is 8.52. The summed E-state index contributed by atoms with van der Waals surface area (Å²) in [5.74, 6) is 0.910. The minimum absolute atomic E-state index is 0.347. The maximum atomic E-state index is 9.50. The topological polar surface area (TPSA) is 62.6 Å². The fourth-order valence-corrected chi connectivity index (χ4v) is 1.38. The van der Waals surface area contributed by atoms with Crippen LogP contribution in [0.15, 0.2) is 22.8 Å². The monoisotopic (exact) mass is 198 g/mol. The number of aliphatic hydroxyl groups excluding tert-OH is 1. The lowest BCUT2D eigenvalue weighted by Gasteiger charge is -2.18.